The zero-order valence-corrected chi connectivity index (χ0v) is 8.68. The number of rotatable bonds is 2. The van der Waals surface area contributed by atoms with Gasteiger partial charge in [-0.15, -0.1) is 0 Å². The molecule has 1 aliphatic rings. The minimum Gasteiger partial charge on any atom is -0.466 e. The molecule has 0 aromatic rings. The van der Waals surface area contributed by atoms with Crippen molar-refractivity contribution in [3.63, 3.8) is 0 Å². The van der Waals surface area contributed by atoms with Gasteiger partial charge in [0.05, 0.1) is 7.11 Å². The molecule has 0 aromatic carbocycles. The molecule has 15 heavy (non-hydrogen) atoms. The van der Waals surface area contributed by atoms with Crippen LogP contribution < -0.4 is 0 Å². The molecule has 0 spiro atoms. The number of ether oxygens (including phenoxy) is 1. The molecule has 0 radical (unpaired) electrons. The fourth-order valence-corrected chi connectivity index (χ4v) is 1.62. The first-order valence-corrected chi connectivity index (χ1v) is 4.87. The van der Waals surface area contributed by atoms with E-state index in [1.807, 2.05) is 0 Å². The van der Waals surface area contributed by atoms with Gasteiger partial charge in [0.15, 0.2) is 0 Å². The van der Waals surface area contributed by atoms with Crippen LogP contribution in [0.3, 0.4) is 0 Å². The lowest BCUT2D eigenvalue weighted by Gasteiger charge is -2.28. The minimum absolute atomic E-state index is 0.119. The van der Waals surface area contributed by atoms with Gasteiger partial charge in [-0.05, 0) is 18.8 Å². The summed E-state index contributed by atoms with van der Waals surface area (Å²) in [6.07, 6.45) is 3.93. The van der Waals surface area contributed by atoms with E-state index in [0.29, 0.717) is 13.1 Å². The normalized spacial score (nSPS) is 21.7. The molecule has 5 nitrogen and oxygen atoms in total. The number of likely N-dealkylation sites (tertiary alicyclic amines) is 1. The van der Waals surface area contributed by atoms with Gasteiger partial charge in [0.25, 0.3) is 0 Å². The Morgan fingerprint density at radius 2 is 2.27 bits per heavy atom. The van der Waals surface area contributed by atoms with Crippen molar-refractivity contribution in [1.29, 1.82) is 0 Å². The second-order valence-corrected chi connectivity index (χ2v) is 3.51. The van der Waals surface area contributed by atoms with Crippen LogP contribution >= 0.6 is 0 Å². The molecule has 1 aliphatic heterocycles. The second kappa shape index (κ2) is 5.38. The van der Waals surface area contributed by atoms with Crippen LogP contribution in [0.1, 0.15) is 12.8 Å². The van der Waals surface area contributed by atoms with Crippen LogP contribution in [0.15, 0.2) is 12.2 Å². The molecule has 5 heteroatoms. The predicted molar refractivity (Wildman–Crippen MR) is 53.5 cm³/mol. The Hall–Kier alpha value is -1.52. The van der Waals surface area contributed by atoms with E-state index in [1.54, 1.807) is 6.08 Å². The fourth-order valence-electron chi connectivity index (χ4n) is 1.62. The zero-order chi connectivity index (χ0) is 11.3. The van der Waals surface area contributed by atoms with Gasteiger partial charge in [-0.3, -0.25) is 0 Å². The topological polar surface area (TPSA) is 66.8 Å². The van der Waals surface area contributed by atoms with Crippen molar-refractivity contribution in [2.24, 2.45) is 5.92 Å². The Morgan fingerprint density at radius 1 is 1.53 bits per heavy atom. The second-order valence-electron chi connectivity index (χ2n) is 3.51. The number of carbonyl (C=O) groups is 2. The summed E-state index contributed by atoms with van der Waals surface area (Å²) in [6.45, 7) is 1.04. The summed E-state index contributed by atoms with van der Waals surface area (Å²) in [5.74, 6) is -0.281. The van der Waals surface area contributed by atoms with Crippen LogP contribution in [-0.2, 0) is 9.53 Å². The molecule has 0 aromatic heterocycles. The third-order valence-corrected chi connectivity index (χ3v) is 2.43. The van der Waals surface area contributed by atoms with E-state index >= 15 is 0 Å². The van der Waals surface area contributed by atoms with Crippen molar-refractivity contribution in [3.8, 4) is 0 Å². The Morgan fingerprint density at radius 3 is 2.87 bits per heavy atom. The number of hydrogen-bond acceptors (Lipinski definition) is 3. The molecule has 0 saturated carbocycles. The summed E-state index contributed by atoms with van der Waals surface area (Å²) in [6, 6.07) is 0. The van der Waals surface area contributed by atoms with E-state index in [4.69, 9.17) is 5.11 Å². The van der Waals surface area contributed by atoms with Crippen molar-refractivity contribution in [3.05, 3.63) is 12.2 Å². The van der Waals surface area contributed by atoms with E-state index in [-0.39, 0.29) is 5.92 Å². The maximum atomic E-state index is 10.8. The molecular weight excluding hydrogens is 198 g/mol. The van der Waals surface area contributed by atoms with Gasteiger partial charge in [-0.1, -0.05) is 6.08 Å². The highest BCUT2D eigenvalue weighted by atomic mass is 16.5. The molecule has 1 atom stereocenters. The molecule has 1 saturated heterocycles. The maximum Gasteiger partial charge on any atom is 0.407 e. The van der Waals surface area contributed by atoms with Gasteiger partial charge in [0, 0.05) is 19.2 Å². The summed E-state index contributed by atoms with van der Waals surface area (Å²) >= 11 is 0. The standard InChI is InChI=1S/C10H15NO4/c1-15-9(12)5-4-8-3-2-6-11(7-8)10(13)14/h4-5,8H,2-3,6-7H2,1H3,(H,13,14)/b5-4+/t8-/m1/s1. The first-order chi connectivity index (χ1) is 7.13. The number of methoxy groups -OCH3 is 1. The molecular formula is C10H15NO4. The number of nitrogens with zero attached hydrogens (tertiary/aromatic N) is 1. The van der Waals surface area contributed by atoms with Crippen LogP contribution in [0.25, 0.3) is 0 Å². The van der Waals surface area contributed by atoms with Gasteiger partial charge in [0.2, 0.25) is 0 Å². The summed E-state index contributed by atoms with van der Waals surface area (Å²) in [5, 5.41) is 8.79. The summed E-state index contributed by atoms with van der Waals surface area (Å²) in [7, 11) is 1.32. The Bertz CT molecular complexity index is 275. The zero-order valence-electron chi connectivity index (χ0n) is 8.68. The van der Waals surface area contributed by atoms with E-state index < -0.39 is 12.1 Å². The van der Waals surface area contributed by atoms with Crippen molar-refractivity contribution < 1.29 is 19.4 Å². The van der Waals surface area contributed by atoms with E-state index in [2.05, 4.69) is 4.74 Å². The number of esters is 1. The van der Waals surface area contributed by atoms with Gasteiger partial charge >= 0.3 is 12.1 Å². The average Bonchev–Trinajstić information content (AvgIpc) is 2.26. The monoisotopic (exact) mass is 213 g/mol. The van der Waals surface area contributed by atoms with E-state index in [9.17, 15) is 9.59 Å². The summed E-state index contributed by atoms with van der Waals surface area (Å²) in [5.41, 5.74) is 0. The molecule has 1 heterocycles. The Balaban J connectivity index is 2.46. The number of amides is 1. The van der Waals surface area contributed by atoms with E-state index in [0.717, 1.165) is 12.8 Å². The molecule has 1 N–H and O–H groups in total. The number of carboxylic acid groups (broad SMARTS) is 1. The first kappa shape index (κ1) is 11.6. The van der Waals surface area contributed by atoms with Crippen LogP contribution in [0, 0.1) is 5.92 Å². The van der Waals surface area contributed by atoms with Crippen molar-refractivity contribution in [1.82, 2.24) is 4.90 Å². The summed E-state index contributed by atoms with van der Waals surface area (Å²) < 4.78 is 4.46. The molecule has 1 amide bonds. The highest BCUT2D eigenvalue weighted by Crippen LogP contribution is 2.17. The lowest BCUT2D eigenvalue weighted by atomic mass is 9.98. The maximum absolute atomic E-state index is 10.8. The average molecular weight is 213 g/mol. The van der Waals surface area contributed by atoms with Gasteiger partial charge in [-0.25, -0.2) is 9.59 Å². The molecule has 0 bridgehead atoms. The number of hydrogen-bond donors (Lipinski definition) is 1. The Labute approximate surface area is 88.3 Å². The molecule has 1 rings (SSSR count). The SMILES string of the molecule is COC(=O)/C=C/[C@H]1CCCN(C(=O)O)C1. The third kappa shape index (κ3) is 3.61. The van der Waals surface area contributed by atoms with Crippen LogP contribution in [-0.4, -0.2) is 42.3 Å². The van der Waals surface area contributed by atoms with Gasteiger partial charge < -0.3 is 14.7 Å². The van der Waals surface area contributed by atoms with Crippen molar-refractivity contribution >= 4 is 12.1 Å². The van der Waals surface area contributed by atoms with Crippen molar-refractivity contribution in [2.45, 2.75) is 12.8 Å². The highest BCUT2D eigenvalue weighted by molar-refractivity contribution is 5.81. The lowest BCUT2D eigenvalue weighted by molar-refractivity contribution is -0.134. The third-order valence-electron chi connectivity index (χ3n) is 2.43. The van der Waals surface area contributed by atoms with Gasteiger partial charge in [0.1, 0.15) is 0 Å². The molecule has 84 valence electrons. The summed E-state index contributed by atoms with van der Waals surface area (Å²) in [4.78, 5) is 22.9. The largest absolute Gasteiger partial charge is 0.466 e. The first-order valence-electron chi connectivity index (χ1n) is 4.87. The number of carbonyl (C=O) groups excluding carboxylic acids is 1. The molecule has 1 fully saturated rings. The smallest absolute Gasteiger partial charge is 0.407 e. The highest BCUT2D eigenvalue weighted by Gasteiger charge is 2.21. The quantitative estimate of drug-likeness (QED) is 0.551. The lowest BCUT2D eigenvalue weighted by Crippen LogP contribution is -2.38. The molecule has 0 aliphatic carbocycles. The predicted octanol–water partition coefficient (Wildman–Crippen LogP) is 1.11. The van der Waals surface area contributed by atoms with Crippen LogP contribution in [0.2, 0.25) is 0 Å². The number of piperidine rings is 1. The Kier molecular flexibility index (Phi) is 4.15. The van der Waals surface area contributed by atoms with Crippen LogP contribution in [0.4, 0.5) is 4.79 Å². The molecule has 0 unspecified atom stereocenters. The van der Waals surface area contributed by atoms with Crippen molar-refractivity contribution in [2.75, 3.05) is 20.2 Å². The minimum atomic E-state index is -0.897. The fraction of sp³-hybridized carbons (Fsp3) is 0.600. The van der Waals surface area contributed by atoms with E-state index in [1.165, 1.54) is 18.1 Å². The van der Waals surface area contributed by atoms with Crippen LogP contribution in [0.5, 0.6) is 0 Å². The van der Waals surface area contributed by atoms with Gasteiger partial charge in [-0.2, -0.15) is 0 Å².